The van der Waals surface area contributed by atoms with Gasteiger partial charge in [0.1, 0.15) is 10.7 Å². The van der Waals surface area contributed by atoms with Crippen LogP contribution in [-0.4, -0.2) is 78.3 Å². The van der Waals surface area contributed by atoms with Crippen molar-refractivity contribution < 1.29 is 23.0 Å². The molecule has 0 amide bonds. The molecular weight excluding hydrogens is 431 g/mol. The van der Waals surface area contributed by atoms with E-state index in [9.17, 15) is 18.3 Å². The average molecular weight is 456 g/mol. The molecule has 1 atom stereocenters. The fourth-order valence-electron chi connectivity index (χ4n) is 3.90. The molecule has 2 aliphatic rings. The smallest absolute Gasteiger partial charge is 0.395 e. The first-order valence-electron chi connectivity index (χ1n) is 10.0. The number of anilines is 2. The lowest BCUT2D eigenvalue weighted by Crippen LogP contribution is -2.55. The number of fused-ring (bicyclic) bond motifs is 2. The van der Waals surface area contributed by atoms with Crippen LogP contribution in [-0.2, 0) is 10.9 Å². The maximum Gasteiger partial charge on any atom is 0.443 e. The Morgan fingerprint density at radius 2 is 2.10 bits per heavy atom. The Labute approximate surface area is 182 Å². The molecule has 2 aromatic rings. The number of aliphatic imine (C=N–C) groups is 1. The standard InChI is InChI=1S/C20H24F3N5O2S/c1-30-11-6-13-12-28(8-7-27(13)9-10-29)17-16-18(31-19(26-16)20(21,22)23)25-15-5-3-2-4-14(15)24-17/h2-5,13,25,29H,6-12H2,1H3/t13-/m0/s1. The number of alkyl halides is 3. The summed E-state index contributed by atoms with van der Waals surface area (Å²) in [5.74, 6) is 0.435. The molecule has 4 rings (SSSR count). The Bertz CT molecular complexity index is 949. The molecule has 2 aliphatic heterocycles. The lowest BCUT2D eigenvalue weighted by molar-refractivity contribution is -0.137. The summed E-state index contributed by atoms with van der Waals surface area (Å²) in [6.07, 6.45) is -3.78. The van der Waals surface area contributed by atoms with E-state index in [0.29, 0.717) is 66.3 Å². The number of ether oxygens (including phenoxy) is 1. The van der Waals surface area contributed by atoms with Crippen molar-refractivity contribution in [2.75, 3.05) is 51.8 Å². The van der Waals surface area contributed by atoms with Crippen molar-refractivity contribution in [3.8, 4) is 0 Å². The number of halogens is 3. The molecule has 11 heteroatoms. The highest BCUT2D eigenvalue weighted by molar-refractivity contribution is 7.16. The maximum atomic E-state index is 13.4. The molecule has 3 heterocycles. The van der Waals surface area contributed by atoms with Crippen LogP contribution in [0.2, 0.25) is 0 Å². The summed E-state index contributed by atoms with van der Waals surface area (Å²) in [6, 6.07) is 7.36. The van der Waals surface area contributed by atoms with E-state index < -0.39 is 11.2 Å². The number of β-amino-alcohol motifs (C(OH)–C–C–N with tert-alkyl or cyclic N) is 1. The van der Waals surface area contributed by atoms with E-state index in [-0.39, 0.29) is 18.3 Å². The molecule has 0 radical (unpaired) electrons. The Morgan fingerprint density at radius 1 is 1.29 bits per heavy atom. The lowest BCUT2D eigenvalue weighted by Gasteiger charge is -2.42. The Hall–Kier alpha value is -2.21. The van der Waals surface area contributed by atoms with Crippen LogP contribution in [0.5, 0.6) is 0 Å². The second-order valence-corrected chi connectivity index (χ2v) is 8.41. The minimum Gasteiger partial charge on any atom is -0.395 e. The van der Waals surface area contributed by atoms with Crippen molar-refractivity contribution in [1.29, 1.82) is 0 Å². The summed E-state index contributed by atoms with van der Waals surface area (Å²) in [6.45, 7) is 2.93. The van der Waals surface area contributed by atoms with Crippen LogP contribution in [0.4, 0.5) is 29.5 Å². The second kappa shape index (κ2) is 9.11. The predicted octanol–water partition coefficient (Wildman–Crippen LogP) is 3.31. The number of amidine groups is 1. The van der Waals surface area contributed by atoms with Gasteiger partial charge in [-0.3, -0.25) is 4.90 Å². The van der Waals surface area contributed by atoms with E-state index in [4.69, 9.17) is 9.73 Å². The van der Waals surface area contributed by atoms with E-state index >= 15 is 0 Å². The van der Waals surface area contributed by atoms with Crippen LogP contribution in [0.25, 0.3) is 0 Å². The van der Waals surface area contributed by atoms with Gasteiger partial charge in [0.15, 0.2) is 5.84 Å². The quantitative estimate of drug-likeness (QED) is 0.721. The number of piperazine rings is 1. The van der Waals surface area contributed by atoms with Crippen LogP contribution in [0, 0.1) is 0 Å². The first kappa shape index (κ1) is 22.0. The number of hydrogen-bond acceptors (Lipinski definition) is 8. The summed E-state index contributed by atoms with van der Waals surface area (Å²) < 4.78 is 45.4. The summed E-state index contributed by atoms with van der Waals surface area (Å²) in [5.41, 5.74) is 1.52. The van der Waals surface area contributed by atoms with Crippen LogP contribution in [0.15, 0.2) is 29.3 Å². The first-order valence-corrected chi connectivity index (χ1v) is 10.8. The fraction of sp³-hybridized carbons (Fsp3) is 0.500. The summed E-state index contributed by atoms with van der Waals surface area (Å²) in [5, 5.41) is 11.9. The number of nitrogens with one attached hydrogen (secondary N) is 1. The van der Waals surface area contributed by atoms with E-state index in [2.05, 4.69) is 15.2 Å². The number of benzene rings is 1. The molecular formula is C20H24F3N5O2S. The third-order valence-corrected chi connectivity index (χ3v) is 6.42. The number of methoxy groups -OCH3 is 1. The largest absolute Gasteiger partial charge is 0.443 e. The van der Waals surface area contributed by atoms with Gasteiger partial charge in [0.2, 0.25) is 5.01 Å². The van der Waals surface area contributed by atoms with Crippen LogP contribution < -0.4 is 5.32 Å². The minimum atomic E-state index is -4.52. The molecule has 1 saturated heterocycles. The van der Waals surface area contributed by atoms with Crippen molar-refractivity contribution in [2.24, 2.45) is 4.99 Å². The molecule has 1 aromatic carbocycles. The van der Waals surface area contributed by atoms with Crippen molar-refractivity contribution in [2.45, 2.75) is 18.6 Å². The molecule has 0 aliphatic carbocycles. The summed E-state index contributed by atoms with van der Waals surface area (Å²) >= 11 is 0.592. The minimum absolute atomic E-state index is 0.0485. The van der Waals surface area contributed by atoms with Gasteiger partial charge in [-0.15, -0.1) is 0 Å². The zero-order chi connectivity index (χ0) is 22.0. The highest BCUT2D eigenvalue weighted by Gasteiger charge is 2.39. The maximum absolute atomic E-state index is 13.4. The fourth-order valence-corrected chi connectivity index (χ4v) is 4.74. The molecule has 0 bridgehead atoms. The Balaban J connectivity index is 1.72. The van der Waals surface area contributed by atoms with E-state index in [0.717, 1.165) is 6.42 Å². The number of nitrogens with zero attached hydrogens (tertiary/aromatic N) is 4. The average Bonchev–Trinajstić information content (AvgIpc) is 3.10. The van der Waals surface area contributed by atoms with Crippen LogP contribution in [0.3, 0.4) is 0 Å². The number of rotatable bonds is 5. The molecule has 1 fully saturated rings. The zero-order valence-corrected chi connectivity index (χ0v) is 17.8. The van der Waals surface area contributed by atoms with Crippen molar-refractivity contribution in [1.82, 2.24) is 14.8 Å². The molecule has 168 valence electrons. The lowest BCUT2D eigenvalue weighted by atomic mass is 10.1. The third-order valence-electron chi connectivity index (χ3n) is 5.41. The topological polar surface area (TPSA) is 73.2 Å². The van der Waals surface area contributed by atoms with Crippen molar-refractivity contribution in [3.63, 3.8) is 0 Å². The van der Waals surface area contributed by atoms with E-state index in [1.165, 1.54) is 0 Å². The van der Waals surface area contributed by atoms with Gasteiger partial charge >= 0.3 is 6.18 Å². The van der Waals surface area contributed by atoms with Gasteiger partial charge in [0, 0.05) is 45.9 Å². The van der Waals surface area contributed by atoms with Crippen LogP contribution >= 0.6 is 11.3 Å². The van der Waals surface area contributed by atoms with Crippen molar-refractivity contribution in [3.05, 3.63) is 35.0 Å². The molecule has 7 nitrogen and oxygen atoms in total. The normalized spacial score (nSPS) is 19.3. The number of thiazole rings is 1. The molecule has 0 unspecified atom stereocenters. The molecule has 0 saturated carbocycles. The summed E-state index contributed by atoms with van der Waals surface area (Å²) in [7, 11) is 1.63. The number of para-hydroxylation sites is 2. The monoisotopic (exact) mass is 455 g/mol. The van der Waals surface area contributed by atoms with Gasteiger partial charge in [0.25, 0.3) is 0 Å². The van der Waals surface area contributed by atoms with E-state index in [1.807, 2.05) is 23.1 Å². The number of aliphatic hydroxyl groups excluding tert-OH is 1. The second-order valence-electron chi connectivity index (χ2n) is 7.41. The first-order chi connectivity index (χ1) is 14.9. The highest BCUT2D eigenvalue weighted by atomic mass is 32.1. The van der Waals surface area contributed by atoms with E-state index in [1.54, 1.807) is 13.2 Å². The summed E-state index contributed by atoms with van der Waals surface area (Å²) in [4.78, 5) is 12.9. The van der Waals surface area contributed by atoms with Gasteiger partial charge in [-0.1, -0.05) is 23.5 Å². The molecule has 2 N–H and O–H groups in total. The van der Waals surface area contributed by atoms with Gasteiger partial charge < -0.3 is 20.1 Å². The van der Waals surface area contributed by atoms with Gasteiger partial charge in [-0.25, -0.2) is 9.98 Å². The van der Waals surface area contributed by atoms with Gasteiger partial charge in [-0.2, -0.15) is 13.2 Å². The number of hydrogen-bond donors (Lipinski definition) is 2. The predicted molar refractivity (Wildman–Crippen MR) is 114 cm³/mol. The number of aromatic nitrogens is 1. The molecule has 1 aromatic heterocycles. The molecule has 0 spiro atoms. The van der Waals surface area contributed by atoms with Gasteiger partial charge in [-0.05, 0) is 18.6 Å². The Morgan fingerprint density at radius 3 is 2.84 bits per heavy atom. The highest BCUT2D eigenvalue weighted by Crippen LogP contribution is 2.42. The van der Waals surface area contributed by atoms with Crippen LogP contribution in [0.1, 0.15) is 17.1 Å². The zero-order valence-electron chi connectivity index (χ0n) is 17.0. The molecule has 31 heavy (non-hydrogen) atoms. The van der Waals surface area contributed by atoms with Gasteiger partial charge in [0.05, 0.1) is 18.0 Å². The Kier molecular flexibility index (Phi) is 6.47. The third kappa shape index (κ3) is 4.69. The van der Waals surface area contributed by atoms with Crippen molar-refractivity contribution >= 4 is 33.5 Å². The number of aliphatic hydroxyl groups is 1. The SMILES string of the molecule is COCC[C@H]1CN(C2=Nc3ccccc3Nc3sc(C(F)(F)F)nc32)CCN1CCO.